The molecular formula is C18H26BrN. The third-order valence-corrected chi connectivity index (χ3v) is 6.08. The average Bonchev–Trinajstić information content (AvgIpc) is 2.39. The van der Waals surface area contributed by atoms with Gasteiger partial charge in [0.05, 0.1) is 0 Å². The van der Waals surface area contributed by atoms with Crippen molar-refractivity contribution in [2.45, 2.75) is 63.8 Å². The fourth-order valence-corrected chi connectivity index (χ4v) is 4.43. The summed E-state index contributed by atoms with van der Waals surface area (Å²) in [5.74, 6) is 0.752. The summed E-state index contributed by atoms with van der Waals surface area (Å²) in [5, 5.41) is 3.83. The molecule has 2 saturated carbocycles. The van der Waals surface area contributed by atoms with E-state index in [4.69, 9.17) is 0 Å². The summed E-state index contributed by atoms with van der Waals surface area (Å²) >= 11 is 3.68. The molecule has 0 radical (unpaired) electrons. The Morgan fingerprint density at radius 3 is 2.55 bits per heavy atom. The molecule has 1 aromatic carbocycles. The zero-order valence-corrected chi connectivity index (χ0v) is 14.1. The molecule has 0 aromatic heterocycles. The molecule has 2 aliphatic rings. The molecule has 3 rings (SSSR count). The molecule has 2 heteroatoms. The lowest BCUT2D eigenvalue weighted by Crippen LogP contribution is -2.45. The van der Waals surface area contributed by atoms with Gasteiger partial charge in [-0.25, -0.2) is 0 Å². The van der Waals surface area contributed by atoms with Gasteiger partial charge in [0.25, 0.3) is 0 Å². The van der Waals surface area contributed by atoms with Gasteiger partial charge in [0.15, 0.2) is 0 Å². The lowest BCUT2D eigenvalue weighted by molar-refractivity contribution is 0.178. The van der Waals surface area contributed by atoms with Crippen LogP contribution >= 0.6 is 15.9 Å². The summed E-state index contributed by atoms with van der Waals surface area (Å²) in [6.07, 6.45) is 9.76. The topological polar surface area (TPSA) is 12.0 Å². The lowest BCUT2D eigenvalue weighted by Gasteiger charge is -2.41. The highest BCUT2D eigenvalue weighted by Crippen LogP contribution is 2.41. The second-order valence-electron chi connectivity index (χ2n) is 7.14. The second kappa shape index (κ2) is 6.19. The summed E-state index contributed by atoms with van der Waals surface area (Å²) in [6, 6.07) is 9.44. The predicted octanol–water partition coefficient (Wildman–Crippen LogP) is 5.26. The summed E-state index contributed by atoms with van der Waals surface area (Å²) in [7, 11) is 0. The number of halogens is 1. The molecule has 0 saturated heterocycles. The highest BCUT2D eigenvalue weighted by Gasteiger charge is 2.33. The van der Waals surface area contributed by atoms with Crippen LogP contribution in [0.15, 0.2) is 28.7 Å². The van der Waals surface area contributed by atoms with Crippen LogP contribution in [0, 0.1) is 5.41 Å². The maximum Gasteiger partial charge on any atom is 0.0210 e. The van der Waals surface area contributed by atoms with Gasteiger partial charge < -0.3 is 5.32 Å². The minimum absolute atomic E-state index is 0.566. The molecular weight excluding hydrogens is 310 g/mol. The van der Waals surface area contributed by atoms with E-state index in [2.05, 4.69) is 52.4 Å². The molecule has 1 nitrogen and oxygen atoms in total. The van der Waals surface area contributed by atoms with E-state index in [0.717, 1.165) is 12.0 Å². The van der Waals surface area contributed by atoms with E-state index in [1.807, 2.05) is 0 Å². The van der Waals surface area contributed by atoms with Crippen LogP contribution in [0.5, 0.6) is 0 Å². The van der Waals surface area contributed by atoms with Crippen molar-refractivity contribution >= 4 is 15.9 Å². The molecule has 0 amide bonds. The first-order valence-corrected chi connectivity index (χ1v) is 8.93. The zero-order valence-electron chi connectivity index (χ0n) is 12.5. The van der Waals surface area contributed by atoms with E-state index in [1.165, 1.54) is 61.5 Å². The number of hydrogen-bond acceptors (Lipinski definition) is 1. The first kappa shape index (κ1) is 14.6. The summed E-state index contributed by atoms with van der Waals surface area (Å²) in [4.78, 5) is 0. The Morgan fingerprint density at radius 1 is 1.15 bits per heavy atom. The van der Waals surface area contributed by atoms with Gasteiger partial charge in [0.1, 0.15) is 0 Å². The van der Waals surface area contributed by atoms with E-state index < -0.39 is 0 Å². The van der Waals surface area contributed by atoms with Gasteiger partial charge in [-0.2, -0.15) is 0 Å². The quantitative estimate of drug-likeness (QED) is 0.791. The minimum Gasteiger partial charge on any atom is -0.313 e. The Hall–Kier alpha value is -0.340. The largest absolute Gasteiger partial charge is 0.313 e. The minimum atomic E-state index is 0.566. The average molecular weight is 336 g/mol. The Balaban J connectivity index is 1.46. The van der Waals surface area contributed by atoms with E-state index in [1.54, 1.807) is 0 Å². The van der Waals surface area contributed by atoms with Gasteiger partial charge in [-0.15, -0.1) is 0 Å². The van der Waals surface area contributed by atoms with E-state index in [9.17, 15) is 0 Å². The van der Waals surface area contributed by atoms with Crippen LogP contribution in [-0.4, -0.2) is 12.6 Å². The Morgan fingerprint density at radius 2 is 1.85 bits per heavy atom. The zero-order chi connectivity index (χ0) is 14.0. The van der Waals surface area contributed by atoms with Crippen molar-refractivity contribution in [2.24, 2.45) is 5.41 Å². The number of nitrogens with one attached hydrogen (secondary N) is 1. The molecule has 1 aromatic rings. The highest BCUT2D eigenvalue weighted by molar-refractivity contribution is 9.10. The maximum absolute atomic E-state index is 3.83. The smallest absolute Gasteiger partial charge is 0.0210 e. The predicted molar refractivity (Wildman–Crippen MR) is 89.1 cm³/mol. The van der Waals surface area contributed by atoms with Crippen molar-refractivity contribution in [3.05, 3.63) is 34.3 Å². The van der Waals surface area contributed by atoms with E-state index >= 15 is 0 Å². The fourth-order valence-electron chi connectivity index (χ4n) is 3.82. The molecule has 0 bridgehead atoms. The van der Waals surface area contributed by atoms with Crippen molar-refractivity contribution < 1.29 is 0 Å². The number of benzene rings is 1. The molecule has 20 heavy (non-hydrogen) atoms. The van der Waals surface area contributed by atoms with Crippen LogP contribution in [-0.2, 0) is 0 Å². The van der Waals surface area contributed by atoms with Crippen LogP contribution < -0.4 is 5.32 Å². The molecule has 2 fully saturated rings. The van der Waals surface area contributed by atoms with Gasteiger partial charge in [0.2, 0.25) is 0 Å². The Bertz CT molecular complexity index is 444. The second-order valence-corrected chi connectivity index (χ2v) is 7.99. The fraction of sp³-hybridized carbons (Fsp3) is 0.667. The maximum atomic E-state index is 3.83. The van der Waals surface area contributed by atoms with Crippen LogP contribution in [0.4, 0.5) is 0 Å². The van der Waals surface area contributed by atoms with Crippen molar-refractivity contribution in [2.75, 3.05) is 6.54 Å². The van der Waals surface area contributed by atoms with Gasteiger partial charge >= 0.3 is 0 Å². The normalized spacial score (nSPS) is 28.9. The van der Waals surface area contributed by atoms with Gasteiger partial charge in [-0.3, -0.25) is 0 Å². The number of rotatable bonds is 4. The Kier molecular flexibility index (Phi) is 4.52. The van der Waals surface area contributed by atoms with Crippen molar-refractivity contribution in [3.8, 4) is 0 Å². The van der Waals surface area contributed by atoms with Gasteiger partial charge in [0, 0.05) is 17.1 Å². The molecule has 2 aliphatic carbocycles. The first-order chi connectivity index (χ1) is 9.66. The standard InChI is InChI=1S/C18H26BrN/c1-18(9-5-2-6-10-18)13-20-15-11-14(12-15)16-7-3-4-8-17(16)19/h3-4,7-8,14-15,20H,2,5-6,9-13H2,1H3. The van der Waals surface area contributed by atoms with Crippen LogP contribution in [0.2, 0.25) is 0 Å². The molecule has 0 unspecified atom stereocenters. The van der Waals surface area contributed by atoms with Gasteiger partial charge in [-0.05, 0) is 48.6 Å². The molecule has 0 heterocycles. The van der Waals surface area contributed by atoms with Gasteiger partial charge in [-0.1, -0.05) is 60.3 Å². The lowest BCUT2D eigenvalue weighted by atomic mass is 9.73. The monoisotopic (exact) mass is 335 g/mol. The number of hydrogen-bond donors (Lipinski definition) is 1. The van der Waals surface area contributed by atoms with Crippen LogP contribution in [0.3, 0.4) is 0 Å². The molecule has 1 N–H and O–H groups in total. The third kappa shape index (κ3) is 3.28. The van der Waals surface area contributed by atoms with Crippen molar-refractivity contribution in [3.63, 3.8) is 0 Å². The van der Waals surface area contributed by atoms with Crippen LogP contribution in [0.25, 0.3) is 0 Å². The highest BCUT2D eigenvalue weighted by atomic mass is 79.9. The Labute approximate surface area is 131 Å². The first-order valence-electron chi connectivity index (χ1n) is 8.14. The molecule has 110 valence electrons. The van der Waals surface area contributed by atoms with Crippen LogP contribution in [0.1, 0.15) is 63.4 Å². The van der Waals surface area contributed by atoms with E-state index in [-0.39, 0.29) is 0 Å². The summed E-state index contributed by atoms with van der Waals surface area (Å²) in [5.41, 5.74) is 2.06. The molecule has 0 atom stereocenters. The SMILES string of the molecule is CC1(CNC2CC(c3ccccc3Br)C2)CCCCC1. The van der Waals surface area contributed by atoms with E-state index in [0.29, 0.717) is 5.41 Å². The summed E-state index contributed by atoms with van der Waals surface area (Å²) < 4.78 is 1.28. The van der Waals surface area contributed by atoms with Crippen molar-refractivity contribution in [1.29, 1.82) is 0 Å². The molecule has 0 spiro atoms. The molecule has 0 aliphatic heterocycles. The third-order valence-electron chi connectivity index (χ3n) is 5.36. The summed E-state index contributed by atoms with van der Waals surface area (Å²) in [6.45, 7) is 3.70. The van der Waals surface area contributed by atoms with Crippen molar-refractivity contribution in [1.82, 2.24) is 5.32 Å².